The summed E-state index contributed by atoms with van der Waals surface area (Å²) in [5, 5.41) is 3.80. The molecule has 0 aliphatic heterocycles. The van der Waals surface area contributed by atoms with Gasteiger partial charge in [0.2, 0.25) is 10.0 Å². The van der Waals surface area contributed by atoms with Crippen molar-refractivity contribution >= 4 is 21.4 Å². The van der Waals surface area contributed by atoms with Gasteiger partial charge in [0, 0.05) is 13.1 Å². The second kappa shape index (κ2) is 6.01. The zero-order valence-corrected chi connectivity index (χ0v) is 12.5. The molecular formula is C13H15FN2O2S2. The van der Waals surface area contributed by atoms with Gasteiger partial charge in [0.1, 0.15) is 10.7 Å². The molecule has 0 atom stereocenters. The predicted octanol–water partition coefficient (Wildman–Crippen LogP) is 2.13. The quantitative estimate of drug-likeness (QED) is 0.888. The summed E-state index contributed by atoms with van der Waals surface area (Å²) in [6, 6.07) is 3.89. The number of hydrogen-bond acceptors (Lipinski definition) is 4. The number of aryl methyl sites for hydroxylation is 1. The molecule has 0 bridgehead atoms. The number of nitrogens with two attached hydrogens (primary N) is 1. The highest BCUT2D eigenvalue weighted by Crippen LogP contribution is 2.18. The first-order valence-corrected chi connectivity index (χ1v) is 8.36. The van der Waals surface area contributed by atoms with Gasteiger partial charge in [0.25, 0.3) is 0 Å². The zero-order chi connectivity index (χ0) is 14.8. The second-order valence-electron chi connectivity index (χ2n) is 4.37. The first kappa shape index (κ1) is 15.1. The van der Waals surface area contributed by atoms with Crippen molar-refractivity contribution in [2.75, 3.05) is 0 Å². The van der Waals surface area contributed by atoms with Gasteiger partial charge in [0.15, 0.2) is 0 Å². The molecule has 0 unspecified atom stereocenters. The standard InChI is InChI=1S/C13H15FN2O2S2/c1-9-7-19-8-11(9)6-16-20(17,18)13-3-2-10(5-15)4-12(13)14/h2-4,7-8,16H,5-6,15H2,1H3. The summed E-state index contributed by atoms with van der Waals surface area (Å²) in [4.78, 5) is -0.359. The zero-order valence-electron chi connectivity index (χ0n) is 10.9. The van der Waals surface area contributed by atoms with Gasteiger partial charge in [-0.05, 0) is 46.5 Å². The smallest absolute Gasteiger partial charge is 0.243 e. The molecule has 0 fully saturated rings. The fourth-order valence-corrected chi connectivity index (χ4v) is 3.63. The van der Waals surface area contributed by atoms with Gasteiger partial charge < -0.3 is 5.73 Å². The van der Waals surface area contributed by atoms with Gasteiger partial charge in [-0.15, -0.1) is 0 Å². The molecule has 7 heteroatoms. The van der Waals surface area contributed by atoms with Crippen LogP contribution in [0.4, 0.5) is 4.39 Å². The van der Waals surface area contributed by atoms with Gasteiger partial charge in [0.05, 0.1) is 0 Å². The molecule has 0 amide bonds. The molecule has 1 heterocycles. The van der Waals surface area contributed by atoms with Crippen LogP contribution in [0.1, 0.15) is 16.7 Å². The van der Waals surface area contributed by atoms with Crippen LogP contribution in [0.15, 0.2) is 33.9 Å². The van der Waals surface area contributed by atoms with Crippen molar-refractivity contribution in [1.29, 1.82) is 0 Å². The third kappa shape index (κ3) is 3.24. The maximum absolute atomic E-state index is 13.8. The van der Waals surface area contributed by atoms with Crippen LogP contribution in [0.3, 0.4) is 0 Å². The lowest BCUT2D eigenvalue weighted by Crippen LogP contribution is -2.24. The van der Waals surface area contributed by atoms with E-state index in [4.69, 9.17) is 5.73 Å². The van der Waals surface area contributed by atoms with E-state index in [1.807, 2.05) is 17.7 Å². The molecule has 1 aromatic carbocycles. The van der Waals surface area contributed by atoms with Crippen LogP contribution in [-0.4, -0.2) is 8.42 Å². The molecular weight excluding hydrogens is 299 g/mol. The average Bonchev–Trinajstić information content (AvgIpc) is 2.81. The van der Waals surface area contributed by atoms with Crippen LogP contribution in [-0.2, 0) is 23.1 Å². The summed E-state index contributed by atoms with van der Waals surface area (Å²) in [5.41, 5.74) is 7.84. The molecule has 0 aliphatic carbocycles. The molecule has 0 saturated carbocycles. The fraction of sp³-hybridized carbons (Fsp3) is 0.231. The molecule has 0 radical (unpaired) electrons. The van der Waals surface area contributed by atoms with Crippen molar-refractivity contribution in [2.24, 2.45) is 5.73 Å². The molecule has 108 valence electrons. The van der Waals surface area contributed by atoms with Crippen molar-refractivity contribution in [3.8, 4) is 0 Å². The Balaban J connectivity index is 2.20. The lowest BCUT2D eigenvalue weighted by Gasteiger charge is -2.08. The number of rotatable bonds is 5. The highest BCUT2D eigenvalue weighted by Gasteiger charge is 2.19. The van der Waals surface area contributed by atoms with Crippen LogP contribution in [0.25, 0.3) is 0 Å². The Hall–Kier alpha value is -1.28. The van der Waals surface area contributed by atoms with Crippen LogP contribution < -0.4 is 10.5 Å². The summed E-state index contributed by atoms with van der Waals surface area (Å²) in [7, 11) is -3.87. The molecule has 3 N–H and O–H groups in total. The Morgan fingerprint density at radius 3 is 2.65 bits per heavy atom. The monoisotopic (exact) mass is 314 g/mol. The number of benzene rings is 1. The van der Waals surface area contributed by atoms with E-state index >= 15 is 0 Å². The maximum atomic E-state index is 13.8. The SMILES string of the molecule is Cc1cscc1CNS(=O)(=O)c1ccc(CN)cc1F. The second-order valence-corrected chi connectivity index (χ2v) is 6.85. The van der Waals surface area contributed by atoms with E-state index in [2.05, 4.69) is 4.72 Å². The lowest BCUT2D eigenvalue weighted by molar-refractivity contribution is 0.556. The molecule has 4 nitrogen and oxygen atoms in total. The highest BCUT2D eigenvalue weighted by atomic mass is 32.2. The summed E-state index contributed by atoms with van der Waals surface area (Å²) in [6.45, 7) is 2.21. The van der Waals surface area contributed by atoms with Crippen molar-refractivity contribution in [1.82, 2.24) is 4.72 Å². The number of sulfonamides is 1. The Morgan fingerprint density at radius 1 is 1.35 bits per heavy atom. The Labute approximate surface area is 121 Å². The molecule has 0 saturated heterocycles. The first-order valence-electron chi connectivity index (χ1n) is 5.94. The van der Waals surface area contributed by atoms with E-state index in [-0.39, 0.29) is 18.0 Å². The van der Waals surface area contributed by atoms with E-state index < -0.39 is 15.8 Å². The fourth-order valence-electron chi connectivity index (χ4n) is 1.71. The largest absolute Gasteiger partial charge is 0.326 e. The molecule has 0 spiro atoms. The van der Waals surface area contributed by atoms with Crippen LogP contribution in [0, 0.1) is 12.7 Å². The molecule has 2 aromatic rings. The van der Waals surface area contributed by atoms with Crippen LogP contribution >= 0.6 is 11.3 Å². The number of thiophene rings is 1. The van der Waals surface area contributed by atoms with Gasteiger partial charge in [-0.2, -0.15) is 11.3 Å². The van der Waals surface area contributed by atoms with E-state index in [0.29, 0.717) is 5.56 Å². The van der Waals surface area contributed by atoms with Crippen molar-refractivity contribution < 1.29 is 12.8 Å². The molecule has 2 rings (SSSR count). The van der Waals surface area contributed by atoms with E-state index in [9.17, 15) is 12.8 Å². The number of halogens is 1. The normalized spacial score (nSPS) is 11.8. The van der Waals surface area contributed by atoms with Crippen molar-refractivity contribution in [2.45, 2.75) is 24.9 Å². The van der Waals surface area contributed by atoms with Crippen LogP contribution in [0.5, 0.6) is 0 Å². The van der Waals surface area contributed by atoms with Gasteiger partial charge in [-0.25, -0.2) is 17.5 Å². The van der Waals surface area contributed by atoms with Crippen LogP contribution in [0.2, 0.25) is 0 Å². The molecule has 1 aromatic heterocycles. The molecule has 20 heavy (non-hydrogen) atoms. The summed E-state index contributed by atoms with van der Waals surface area (Å²) >= 11 is 1.50. The minimum Gasteiger partial charge on any atom is -0.326 e. The van der Waals surface area contributed by atoms with Crippen molar-refractivity contribution in [3.63, 3.8) is 0 Å². The summed E-state index contributed by atoms with van der Waals surface area (Å²) < 4.78 is 40.4. The van der Waals surface area contributed by atoms with Gasteiger partial charge in [-0.1, -0.05) is 6.07 Å². The van der Waals surface area contributed by atoms with Gasteiger partial charge in [-0.3, -0.25) is 0 Å². The average molecular weight is 314 g/mol. The number of hydrogen-bond donors (Lipinski definition) is 2. The first-order chi connectivity index (χ1) is 9.44. The minimum absolute atomic E-state index is 0.149. The third-order valence-corrected chi connectivity index (χ3v) is 5.28. The summed E-state index contributed by atoms with van der Waals surface area (Å²) in [6.07, 6.45) is 0. The Bertz CT molecular complexity index is 711. The molecule has 0 aliphatic rings. The topological polar surface area (TPSA) is 72.2 Å². The minimum atomic E-state index is -3.87. The third-order valence-electron chi connectivity index (χ3n) is 2.94. The maximum Gasteiger partial charge on any atom is 0.243 e. The Kier molecular flexibility index (Phi) is 4.54. The highest BCUT2D eigenvalue weighted by molar-refractivity contribution is 7.89. The summed E-state index contributed by atoms with van der Waals surface area (Å²) in [5.74, 6) is -0.789. The Morgan fingerprint density at radius 2 is 2.10 bits per heavy atom. The number of nitrogens with one attached hydrogen (secondary N) is 1. The van der Waals surface area contributed by atoms with E-state index in [0.717, 1.165) is 17.2 Å². The predicted molar refractivity (Wildman–Crippen MR) is 77.4 cm³/mol. The van der Waals surface area contributed by atoms with E-state index in [1.165, 1.54) is 23.5 Å². The lowest BCUT2D eigenvalue weighted by atomic mass is 10.2. The van der Waals surface area contributed by atoms with Gasteiger partial charge >= 0.3 is 0 Å². The van der Waals surface area contributed by atoms with E-state index in [1.54, 1.807) is 0 Å². The van der Waals surface area contributed by atoms with Crippen molar-refractivity contribution in [3.05, 3.63) is 51.5 Å².